The largest absolute Gasteiger partial charge is 0.495 e. The zero-order valence-electron chi connectivity index (χ0n) is 16.9. The monoisotopic (exact) mass is 431 g/mol. The van der Waals surface area contributed by atoms with Crippen LogP contribution >= 0.6 is 11.6 Å². The second-order valence-electron chi connectivity index (χ2n) is 7.38. The van der Waals surface area contributed by atoms with E-state index < -0.39 is 16.1 Å². The van der Waals surface area contributed by atoms with Crippen LogP contribution in [0.2, 0.25) is 5.02 Å². The fourth-order valence-corrected chi connectivity index (χ4v) is 4.92. The molecule has 1 heterocycles. The van der Waals surface area contributed by atoms with Gasteiger partial charge in [-0.3, -0.25) is 9.10 Å². The van der Waals surface area contributed by atoms with E-state index in [1.807, 2.05) is 0 Å². The Balaban J connectivity index is 2.03. The average Bonchev–Trinajstić information content (AvgIpc) is 2.62. The Kier molecular flexibility index (Phi) is 7.97. The Hall–Kier alpha value is -1.51. The topological polar surface area (TPSA) is 79.0 Å². The van der Waals surface area contributed by atoms with E-state index >= 15 is 0 Å². The smallest absolute Gasteiger partial charge is 0.243 e. The van der Waals surface area contributed by atoms with Crippen molar-refractivity contribution in [3.8, 4) is 5.75 Å². The summed E-state index contributed by atoms with van der Waals surface area (Å²) in [6, 6.07) is 3.76. The molecule has 0 bridgehead atoms. The standard InChI is InChI=1S/C19H30ClN3O4S/c1-14(19(24)21-10-7-15-8-11-22(2)12-9-15)23(28(4,25)26)16-5-6-18(27-3)17(20)13-16/h5-6,13-15H,7-12H2,1-4H3,(H,21,24)/t14-/m1/s1. The molecule has 1 aliphatic heterocycles. The molecule has 9 heteroatoms. The zero-order valence-corrected chi connectivity index (χ0v) is 18.5. The van der Waals surface area contributed by atoms with Crippen LogP contribution in [0.3, 0.4) is 0 Å². The quantitative estimate of drug-likeness (QED) is 0.683. The number of carbonyl (C=O) groups excluding carboxylic acids is 1. The summed E-state index contributed by atoms with van der Waals surface area (Å²) in [5.41, 5.74) is 0.325. The Morgan fingerprint density at radius 2 is 2.04 bits per heavy atom. The summed E-state index contributed by atoms with van der Waals surface area (Å²) >= 11 is 6.14. The van der Waals surface area contributed by atoms with E-state index in [2.05, 4.69) is 17.3 Å². The normalized spacial score (nSPS) is 17.2. The molecular weight excluding hydrogens is 402 g/mol. The van der Waals surface area contributed by atoms with Gasteiger partial charge in [-0.15, -0.1) is 0 Å². The molecule has 1 aromatic rings. The molecule has 1 fully saturated rings. The molecule has 2 rings (SSSR count). The number of amides is 1. The van der Waals surface area contributed by atoms with Gasteiger partial charge in [-0.25, -0.2) is 8.42 Å². The van der Waals surface area contributed by atoms with Crippen LogP contribution in [0, 0.1) is 5.92 Å². The molecule has 0 unspecified atom stereocenters. The van der Waals surface area contributed by atoms with Crippen molar-refractivity contribution in [2.24, 2.45) is 5.92 Å². The second kappa shape index (κ2) is 9.80. The number of likely N-dealkylation sites (tertiary alicyclic amines) is 1. The number of hydrogen-bond donors (Lipinski definition) is 1. The molecule has 1 aromatic carbocycles. The fourth-order valence-electron chi connectivity index (χ4n) is 3.50. The van der Waals surface area contributed by atoms with Crippen LogP contribution in [0.25, 0.3) is 0 Å². The van der Waals surface area contributed by atoms with Gasteiger partial charge in [0.25, 0.3) is 0 Å². The molecular formula is C19H30ClN3O4S. The first-order valence-electron chi connectivity index (χ1n) is 9.42. The van der Waals surface area contributed by atoms with E-state index in [9.17, 15) is 13.2 Å². The highest BCUT2D eigenvalue weighted by Crippen LogP contribution is 2.31. The summed E-state index contributed by atoms with van der Waals surface area (Å²) in [5, 5.41) is 3.17. The lowest BCUT2D eigenvalue weighted by Crippen LogP contribution is -2.48. The average molecular weight is 432 g/mol. The lowest BCUT2D eigenvalue weighted by Gasteiger charge is -2.30. The number of methoxy groups -OCH3 is 1. The first-order chi connectivity index (χ1) is 13.1. The molecule has 0 radical (unpaired) electrons. The number of sulfonamides is 1. The van der Waals surface area contributed by atoms with E-state index in [-0.39, 0.29) is 10.9 Å². The van der Waals surface area contributed by atoms with Gasteiger partial charge in [-0.05, 0) is 70.4 Å². The predicted octanol–water partition coefficient (Wildman–Crippen LogP) is 2.35. The third kappa shape index (κ3) is 5.99. The Morgan fingerprint density at radius 3 is 2.57 bits per heavy atom. The summed E-state index contributed by atoms with van der Waals surface area (Å²) in [5.74, 6) is 0.706. The highest BCUT2D eigenvalue weighted by Gasteiger charge is 2.29. The number of nitrogens with one attached hydrogen (secondary N) is 1. The first-order valence-corrected chi connectivity index (χ1v) is 11.6. The summed E-state index contributed by atoms with van der Waals surface area (Å²) in [4.78, 5) is 14.9. The number of benzene rings is 1. The van der Waals surface area contributed by atoms with Crippen LogP contribution in [-0.4, -0.2) is 65.3 Å². The minimum absolute atomic E-state index is 0.281. The van der Waals surface area contributed by atoms with Crippen LogP contribution in [0.4, 0.5) is 5.69 Å². The third-order valence-corrected chi connectivity index (χ3v) is 6.71. The lowest BCUT2D eigenvalue weighted by atomic mass is 9.94. The molecule has 28 heavy (non-hydrogen) atoms. The number of rotatable bonds is 8. The van der Waals surface area contributed by atoms with Crippen LogP contribution in [0.15, 0.2) is 18.2 Å². The number of halogens is 1. The fraction of sp³-hybridized carbons (Fsp3) is 0.632. The lowest BCUT2D eigenvalue weighted by molar-refractivity contribution is -0.121. The number of anilines is 1. The molecule has 158 valence electrons. The highest BCUT2D eigenvalue weighted by molar-refractivity contribution is 7.92. The first kappa shape index (κ1) is 22.8. The third-order valence-electron chi connectivity index (χ3n) is 5.17. The van der Waals surface area contributed by atoms with Crippen LogP contribution in [0.1, 0.15) is 26.2 Å². The molecule has 0 saturated carbocycles. The van der Waals surface area contributed by atoms with E-state index in [0.717, 1.165) is 42.9 Å². The number of carbonyl (C=O) groups is 1. The maximum absolute atomic E-state index is 12.6. The van der Waals surface area contributed by atoms with Gasteiger partial charge in [-0.1, -0.05) is 11.6 Å². The minimum Gasteiger partial charge on any atom is -0.495 e. The zero-order chi connectivity index (χ0) is 20.9. The molecule has 1 amide bonds. The van der Waals surface area contributed by atoms with Gasteiger partial charge in [-0.2, -0.15) is 0 Å². The number of piperidine rings is 1. The van der Waals surface area contributed by atoms with Crippen LogP contribution < -0.4 is 14.4 Å². The number of nitrogens with zero attached hydrogens (tertiary/aromatic N) is 2. The molecule has 0 spiro atoms. The molecule has 1 atom stereocenters. The van der Waals surface area contributed by atoms with Crippen molar-refractivity contribution in [3.63, 3.8) is 0 Å². The van der Waals surface area contributed by atoms with E-state index in [1.165, 1.54) is 13.2 Å². The van der Waals surface area contributed by atoms with Crippen molar-refractivity contribution in [2.75, 3.05) is 44.4 Å². The van der Waals surface area contributed by atoms with Gasteiger partial charge in [0.05, 0.1) is 24.1 Å². The van der Waals surface area contributed by atoms with Crippen molar-refractivity contribution < 1.29 is 17.9 Å². The van der Waals surface area contributed by atoms with Crippen molar-refractivity contribution >= 4 is 33.2 Å². The van der Waals surface area contributed by atoms with Gasteiger partial charge in [0, 0.05) is 6.54 Å². The summed E-state index contributed by atoms with van der Waals surface area (Å²) in [7, 11) is -0.0849. The molecule has 1 N–H and O–H groups in total. The van der Waals surface area contributed by atoms with E-state index in [4.69, 9.17) is 16.3 Å². The summed E-state index contributed by atoms with van der Waals surface area (Å²) in [6.07, 6.45) is 4.23. The maximum Gasteiger partial charge on any atom is 0.243 e. The summed E-state index contributed by atoms with van der Waals surface area (Å²) < 4.78 is 30.9. The molecule has 1 saturated heterocycles. The highest BCUT2D eigenvalue weighted by atomic mass is 35.5. The Labute approximate surface area is 173 Å². The maximum atomic E-state index is 12.6. The van der Waals surface area contributed by atoms with Crippen LogP contribution in [-0.2, 0) is 14.8 Å². The van der Waals surface area contributed by atoms with Gasteiger partial charge >= 0.3 is 0 Å². The van der Waals surface area contributed by atoms with Crippen molar-refractivity contribution in [1.82, 2.24) is 10.2 Å². The van der Waals surface area contributed by atoms with Crippen molar-refractivity contribution in [2.45, 2.75) is 32.2 Å². The van der Waals surface area contributed by atoms with Gasteiger partial charge in [0.1, 0.15) is 11.8 Å². The van der Waals surface area contributed by atoms with E-state index in [1.54, 1.807) is 19.1 Å². The SMILES string of the molecule is COc1ccc(N([C@H](C)C(=O)NCCC2CCN(C)CC2)S(C)(=O)=O)cc1Cl. The van der Waals surface area contributed by atoms with Gasteiger partial charge in [0.2, 0.25) is 15.9 Å². The number of hydrogen-bond acceptors (Lipinski definition) is 5. The Morgan fingerprint density at radius 1 is 1.39 bits per heavy atom. The summed E-state index contributed by atoms with van der Waals surface area (Å²) in [6.45, 7) is 4.27. The molecule has 7 nitrogen and oxygen atoms in total. The Bertz CT molecular complexity index is 779. The second-order valence-corrected chi connectivity index (χ2v) is 9.65. The van der Waals surface area contributed by atoms with Crippen molar-refractivity contribution in [1.29, 1.82) is 0 Å². The minimum atomic E-state index is -3.68. The van der Waals surface area contributed by atoms with Gasteiger partial charge < -0.3 is 15.0 Å². The van der Waals surface area contributed by atoms with E-state index in [0.29, 0.717) is 23.9 Å². The molecule has 0 aliphatic carbocycles. The van der Waals surface area contributed by atoms with Crippen LogP contribution in [0.5, 0.6) is 5.75 Å². The predicted molar refractivity (Wildman–Crippen MR) is 113 cm³/mol. The molecule has 0 aromatic heterocycles. The van der Waals surface area contributed by atoms with Gasteiger partial charge in [0.15, 0.2) is 0 Å². The van der Waals surface area contributed by atoms with Crippen molar-refractivity contribution in [3.05, 3.63) is 23.2 Å². The number of ether oxygens (including phenoxy) is 1. The molecule has 1 aliphatic rings.